The van der Waals surface area contributed by atoms with Gasteiger partial charge in [-0.3, -0.25) is 9.59 Å². The largest absolute Gasteiger partial charge is 0.352 e. The summed E-state index contributed by atoms with van der Waals surface area (Å²) in [5.74, 6) is 0.0325. The molecular formula is C18H23N3O2S2. The van der Waals surface area contributed by atoms with Gasteiger partial charge in [0.25, 0.3) is 5.56 Å². The zero-order valence-electron chi connectivity index (χ0n) is 14.4. The molecule has 5 nitrogen and oxygen atoms in total. The van der Waals surface area contributed by atoms with Gasteiger partial charge < -0.3 is 10.3 Å². The van der Waals surface area contributed by atoms with Crippen molar-refractivity contribution in [3.8, 4) is 0 Å². The molecule has 2 aliphatic rings. The highest BCUT2D eigenvalue weighted by Crippen LogP contribution is 2.34. The fourth-order valence-electron chi connectivity index (χ4n) is 3.81. The SMILES string of the molecule is C[C@H](Sc1nc2sc3c(c2c(=O)[nH]1)CCCC3)C(=O)NC1CCCC1. The van der Waals surface area contributed by atoms with E-state index in [1.54, 1.807) is 11.3 Å². The Morgan fingerprint density at radius 1 is 1.28 bits per heavy atom. The topological polar surface area (TPSA) is 74.8 Å². The number of thiophene rings is 1. The number of carbonyl (C=O) groups excluding carboxylic acids is 1. The molecule has 4 rings (SSSR count). The van der Waals surface area contributed by atoms with Crippen molar-refractivity contribution in [1.29, 1.82) is 0 Å². The van der Waals surface area contributed by atoms with Crippen molar-refractivity contribution in [2.24, 2.45) is 0 Å². The van der Waals surface area contributed by atoms with E-state index in [9.17, 15) is 9.59 Å². The van der Waals surface area contributed by atoms with Crippen LogP contribution >= 0.6 is 23.1 Å². The lowest BCUT2D eigenvalue weighted by molar-refractivity contribution is -0.120. The fraction of sp³-hybridized carbons (Fsp3) is 0.611. The van der Waals surface area contributed by atoms with Crippen molar-refractivity contribution in [3.05, 3.63) is 20.8 Å². The van der Waals surface area contributed by atoms with Crippen LogP contribution in [0.2, 0.25) is 0 Å². The first-order chi connectivity index (χ1) is 12.1. The van der Waals surface area contributed by atoms with Gasteiger partial charge in [0.2, 0.25) is 5.91 Å². The number of aromatic nitrogens is 2. The minimum absolute atomic E-state index is 0.0325. The molecule has 2 aliphatic carbocycles. The van der Waals surface area contributed by atoms with E-state index in [2.05, 4.69) is 15.3 Å². The fourth-order valence-corrected chi connectivity index (χ4v) is 5.94. The van der Waals surface area contributed by atoms with Gasteiger partial charge in [0.1, 0.15) is 4.83 Å². The lowest BCUT2D eigenvalue weighted by atomic mass is 9.97. The van der Waals surface area contributed by atoms with Crippen LogP contribution in [0.25, 0.3) is 10.2 Å². The van der Waals surface area contributed by atoms with Gasteiger partial charge in [-0.2, -0.15) is 0 Å². The van der Waals surface area contributed by atoms with Crippen LogP contribution in [0.15, 0.2) is 9.95 Å². The zero-order valence-corrected chi connectivity index (χ0v) is 16.0. The Kier molecular flexibility index (Phi) is 4.86. The normalized spacial score (nSPS) is 19.1. The van der Waals surface area contributed by atoms with Gasteiger partial charge in [-0.1, -0.05) is 24.6 Å². The summed E-state index contributed by atoms with van der Waals surface area (Å²) in [5.41, 5.74) is 1.14. The molecule has 25 heavy (non-hydrogen) atoms. The number of nitrogens with one attached hydrogen (secondary N) is 2. The summed E-state index contributed by atoms with van der Waals surface area (Å²) in [6.45, 7) is 1.87. The number of hydrogen-bond acceptors (Lipinski definition) is 5. The molecule has 7 heteroatoms. The summed E-state index contributed by atoms with van der Waals surface area (Å²) in [6, 6.07) is 0.314. The van der Waals surface area contributed by atoms with E-state index in [1.165, 1.54) is 41.5 Å². The summed E-state index contributed by atoms with van der Waals surface area (Å²) in [6.07, 6.45) is 8.91. The number of H-pyrrole nitrogens is 1. The lowest BCUT2D eigenvalue weighted by Crippen LogP contribution is -2.37. The first-order valence-electron chi connectivity index (χ1n) is 9.13. The predicted molar refractivity (Wildman–Crippen MR) is 103 cm³/mol. The number of carbonyl (C=O) groups is 1. The van der Waals surface area contributed by atoms with Crippen LogP contribution < -0.4 is 10.9 Å². The van der Waals surface area contributed by atoms with Gasteiger partial charge in [-0.25, -0.2) is 4.98 Å². The molecule has 2 aromatic rings. The second-order valence-corrected chi connectivity index (χ2v) is 9.43. The van der Waals surface area contributed by atoms with Crippen molar-refractivity contribution in [1.82, 2.24) is 15.3 Å². The molecule has 0 radical (unpaired) electrons. The number of nitrogens with zero attached hydrogens (tertiary/aromatic N) is 1. The third kappa shape index (κ3) is 3.49. The van der Waals surface area contributed by atoms with Crippen LogP contribution in [0.5, 0.6) is 0 Å². The number of aromatic amines is 1. The van der Waals surface area contributed by atoms with Crippen LogP contribution in [0.1, 0.15) is 55.9 Å². The monoisotopic (exact) mass is 377 g/mol. The summed E-state index contributed by atoms with van der Waals surface area (Å²) >= 11 is 2.98. The van der Waals surface area contributed by atoms with E-state index in [4.69, 9.17) is 0 Å². The minimum atomic E-state index is -0.268. The molecule has 0 spiro atoms. The number of aryl methyl sites for hydroxylation is 2. The summed E-state index contributed by atoms with van der Waals surface area (Å²) in [4.78, 5) is 34.6. The highest BCUT2D eigenvalue weighted by atomic mass is 32.2. The average Bonchev–Trinajstić information content (AvgIpc) is 3.21. The Bertz CT molecular complexity index is 852. The second kappa shape index (κ2) is 7.11. The Hall–Kier alpha value is -1.34. The molecule has 1 amide bonds. The van der Waals surface area contributed by atoms with E-state index >= 15 is 0 Å². The molecule has 2 N–H and O–H groups in total. The highest BCUT2D eigenvalue weighted by Gasteiger charge is 2.23. The van der Waals surface area contributed by atoms with E-state index in [-0.39, 0.29) is 16.7 Å². The first kappa shape index (κ1) is 17.1. The van der Waals surface area contributed by atoms with E-state index in [0.717, 1.165) is 42.3 Å². The molecule has 1 fully saturated rings. The van der Waals surface area contributed by atoms with Crippen molar-refractivity contribution in [2.75, 3.05) is 0 Å². The highest BCUT2D eigenvalue weighted by molar-refractivity contribution is 8.00. The van der Waals surface area contributed by atoms with Crippen molar-refractivity contribution in [3.63, 3.8) is 0 Å². The van der Waals surface area contributed by atoms with E-state index < -0.39 is 0 Å². The van der Waals surface area contributed by atoms with Crippen LogP contribution in [0.4, 0.5) is 0 Å². The van der Waals surface area contributed by atoms with Crippen molar-refractivity contribution < 1.29 is 4.79 Å². The van der Waals surface area contributed by atoms with Gasteiger partial charge in [0, 0.05) is 10.9 Å². The summed E-state index contributed by atoms with van der Waals surface area (Å²) in [7, 11) is 0. The summed E-state index contributed by atoms with van der Waals surface area (Å²) in [5, 5.41) is 4.16. The Labute approximate surface area is 155 Å². The Balaban J connectivity index is 1.53. The molecule has 2 heterocycles. The molecular weight excluding hydrogens is 354 g/mol. The predicted octanol–water partition coefficient (Wildman–Crippen LogP) is 3.40. The Morgan fingerprint density at radius 3 is 2.84 bits per heavy atom. The number of rotatable bonds is 4. The molecule has 0 aliphatic heterocycles. The number of fused-ring (bicyclic) bond motifs is 3. The van der Waals surface area contributed by atoms with Crippen LogP contribution in [-0.2, 0) is 17.6 Å². The van der Waals surface area contributed by atoms with Crippen LogP contribution in [0, 0.1) is 0 Å². The second-order valence-electron chi connectivity index (χ2n) is 7.01. The number of thioether (sulfide) groups is 1. The van der Waals surface area contributed by atoms with Gasteiger partial charge in [0.05, 0.1) is 10.6 Å². The smallest absolute Gasteiger partial charge is 0.260 e. The van der Waals surface area contributed by atoms with Crippen LogP contribution in [-0.4, -0.2) is 27.2 Å². The van der Waals surface area contributed by atoms with Crippen molar-refractivity contribution in [2.45, 2.75) is 74.7 Å². The van der Waals surface area contributed by atoms with Crippen molar-refractivity contribution >= 4 is 39.2 Å². The average molecular weight is 378 g/mol. The molecule has 0 unspecified atom stereocenters. The minimum Gasteiger partial charge on any atom is -0.352 e. The molecule has 2 aromatic heterocycles. The van der Waals surface area contributed by atoms with E-state index in [1.807, 2.05) is 6.92 Å². The number of hydrogen-bond donors (Lipinski definition) is 2. The first-order valence-corrected chi connectivity index (χ1v) is 10.8. The van der Waals surface area contributed by atoms with Gasteiger partial charge in [-0.15, -0.1) is 11.3 Å². The third-order valence-corrected chi connectivity index (χ3v) is 7.33. The molecule has 1 atom stereocenters. The zero-order chi connectivity index (χ0) is 17.4. The molecule has 1 saturated carbocycles. The maximum atomic E-state index is 12.6. The molecule has 0 saturated heterocycles. The molecule has 0 aromatic carbocycles. The van der Waals surface area contributed by atoms with Crippen LogP contribution in [0.3, 0.4) is 0 Å². The standard InChI is InChI=1S/C18H23N3O2S2/c1-10(15(22)19-11-6-2-3-7-11)24-18-20-16(23)14-12-8-4-5-9-13(12)25-17(14)21-18/h10-11H,2-9H2,1H3,(H,19,22)(H,20,21,23)/t10-/m0/s1. The van der Waals surface area contributed by atoms with E-state index in [0.29, 0.717) is 11.2 Å². The molecule has 134 valence electrons. The maximum absolute atomic E-state index is 12.6. The quantitative estimate of drug-likeness (QED) is 0.632. The van der Waals surface area contributed by atoms with Gasteiger partial charge in [-0.05, 0) is 51.0 Å². The lowest BCUT2D eigenvalue weighted by Gasteiger charge is -2.15. The maximum Gasteiger partial charge on any atom is 0.260 e. The number of amides is 1. The molecule has 0 bridgehead atoms. The van der Waals surface area contributed by atoms with Gasteiger partial charge >= 0.3 is 0 Å². The summed E-state index contributed by atoms with van der Waals surface area (Å²) < 4.78 is 0. The third-order valence-electron chi connectivity index (χ3n) is 5.16. The Morgan fingerprint density at radius 2 is 2.04 bits per heavy atom. The van der Waals surface area contributed by atoms with Gasteiger partial charge in [0.15, 0.2) is 5.16 Å².